The average Bonchev–Trinajstić information content (AvgIpc) is 3.42. The van der Waals surface area contributed by atoms with E-state index in [2.05, 4.69) is 9.55 Å². The molecular weight excluding hydrogens is 552 g/mol. The van der Waals surface area contributed by atoms with Gasteiger partial charge in [0.15, 0.2) is 11.6 Å². The molecule has 5 aromatic rings. The smallest absolute Gasteiger partial charge is 0.254 e. The second kappa shape index (κ2) is 9.57. The predicted octanol–water partition coefficient (Wildman–Crippen LogP) is 4.91. The number of rotatable bonds is 6. The van der Waals surface area contributed by atoms with Crippen molar-refractivity contribution in [2.75, 3.05) is 13.7 Å². The molecule has 3 aliphatic rings. The van der Waals surface area contributed by atoms with Crippen LogP contribution in [0.25, 0.3) is 44.8 Å². The second-order valence-corrected chi connectivity index (χ2v) is 12.1. The van der Waals surface area contributed by atoms with Gasteiger partial charge >= 0.3 is 0 Å². The number of imidazole rings is 1. The van der Waals surface area contributed by atoms with E-state index in [9.17, 15) is 13.6 Å². The highest BCUT2D eigenvalue weighted by Gasteiger charge is 2.47. The number of hydrogen-bond donors (Lipinski definition) is 1. The SMILES string of the molecule is COc1cc(C(=O)N2C[C@H]3CC[C@@H]2[C@@H]3N)cc2nc(-c3cc4ccc(-c5ccnc(F)c5F)nc4n3CC3CC3)n(C)c12. The fourth-order valence-electron chi connectivity index (χ4n) is 7.09. The van der Waals surface area contributed by atoms with Gasteiger partial charge in [0.1, 0.15) is 16.9 Å². The largest absolute Gasteiger partial charge is 0.494 e. The first kappa shape index (κ1) is 26.3. The Morgan fingerprint density at radius 3 is 2.65 bits per heavy atom. The van der Waals surface area contributed by atoms with Crippen molar-refractivity contribution in [3.63, 3.8) is 0 Å². The quantitative estimate of drug-likeness (QED) is 0.285. The number of benzene rings is 1. The van der Waals surface area contributed by atoms with Crippen molar-refractivity contribution in [3.05, 3.63) is 59.9 Å². The number of carbonyl (C=O) groups is 1. The number of carbonyl (C=O) groups excluding carboxylic acids is 1. The molecule has 2 N–H and O–H groups in total. The Morgan fingerprint density at radius 1 is 1.09 bits per heavy atom. The Morgan fingerprint density at radius 2 is 1.93 bits per heavy atom. The van der Waals surface area contributed by atoms with E-state index in [1.165, 1.54) is 12.3 Å². The molecule has 11 heteroatoms. The molecule has 5 heterocycles. The number of hydrogen-bond acceptors (Lipinski definition) is 6. The third-order valence-corrected chi connectivity index (χ3v) is 9.55. The molecule has 3 fully saturated rings. The van der Waals surface area contributed by atoms with E-state index in [0.29, 0.717) is 52.4 Å². The molecule has 220 valence electrons. The molecule has 4 aromatic heterocycles. The van der Waals surface area contributed by atoms with Crippen molar-refractivity contribution < 1.29 is 18.3 Å². The number of fused-ring (bicyclic) bond motifs is 4. The highest BCUT2D eigenvalue weighted by Crippen LogP contribution is 2.40. The average molecular weight is 584 g/mol. The van der Waals surface area contributed by atoms with Gasteiger partial charge in [-0.15, -0.1) is 0 Å². The fraction of sp³-hybridized carbons (Fsp3) is 0.375. The summed E-state index contributed by atoms with van der Waals surface area (Å²) in [6.07, 6.45) is 5.48. The van der Waals surface area contributed by atoms with Crippen LogP contribution in [0.2, 0.25) is 0 Å². The standard InChI is InChI=1S/C32H31F2N7O2/c1-39-28-22(11-19(13-25(28)43-2)32(42)41-15-18-6-8-23(41)27(18)35)38-31(39)24-12-17-5-7-21(20-9-10-36-29(34)26(20)33)37-30(17)40(24)14-16-3-4-16/h5,7,9-13,16,18,23,27H,3-4,6,8,14-15,35H2,1-2H3/t18-,23-,27-/m1/s1. The molecule has 1 aliphatic heterocycles. The molecule has 2 aliphatic carbocycles. The molecule has 2 bridgehead atoms. The molecule has 43 heavy (non-hydrogen) atoms. The van der Waals surface area contributed by atoms with E-state index in [1.807, 2.05) is 34.7 Å². The molecule has 1 aromatic carbocycles. The Kier molecular flexibility index (Phi) is 5.84. The van der Waals surface area contributed by atoms with E-state index in [1.54, 1.807) is 19.2 Å². The summed E-state index contributed by atoms with van der Waals surface area (Å²) in [4.78, 5) is 28.8. The molecule has 2 saturated carbocycles. The summed E-state index contributed by atoms with van der Waals surface area (Å²) in [7, 11) is 3.53. The van der Waals surface area contributed by atoms with E-state index < -0.39 is 11.8 Å². The minimum absolute atomic E-state index is 0.0348. The maximum atomic E-state index is 14.6. The van der Waals surface area contributed by atoms with Gasteiger partial charge in [-0.25, -0.2) is 19.3 Å². The number of aryl methyl sites for hydroxylation is 1. The second-order valence-electron chi connectivity index (χ2n) is 12.1. The highest BCUT2D eigenvalue weighted by molar-refractivity contribution is 6.00. The zero-order valence-corrected chi connectivity index (χ0v) is 23.9. The fourth-order valence-corrected chi connectivity index (χ4v) is 7.09. The van der Waals surface area contributed by atoms with E-state index in [0.717, 1.165) is 48.8 Å². The number of amides is 1. The Labute approximate surface area is 246 Å². The number of likely N-dealkylation sites (tertiary alicyclic amines) is 1. The molecule has 0 radical (unpaired) electrons. The van der Waals surface area contributed by atoms with Gasteiger partial charge in [0.05, 0.1) is 24.0 Å². The zero-order chi connectivity index (χ0) is 29.6. The van der Waals surface area contributed by atoms with Gasteiger partial charge in [0, 0.05) is 54.9 Å². The monoisotopic (exact) mass is 583 g/mol. The van der Waals surface area contributed by atoms with Crippen molar-refractivity contribution in [2.24, 2.45) is 24.6 Å². The van der Waals surface area contributed by atoms with Crippen molar-refractivity contribution >= 4 is 28.0 Å². The number of nitrogens with zero attached hydrogens (tertiary/aromatic N) is 6. The minimum Gasteiger partial charge on any atom is -0.494 e. The Hall–Kier alpha value is -4.38. The third kappa shape index (κ3) is 4.05. The van der Waals surface area contributed by atoms with Crippen LogP contribution in [0.4, 0.5) is 8.78 Å². The van der Waals surface area contributed by atoms with Crippen LogP contribution in [-0.4, -0.2) is 60.6 Å². The highest BCUT2D eigenvalue weighted by atomic mass is 19.2. The Bertz CT molecular complexity index is 1950. The van der Waals surface area contributed by atoms with Crippen LogP contribution in [0.5, 0.6) is 5.75 Å². The zero-order valence-electron chi connectivity index (χ0n) is 23.9. The molecule has 3 atom stereocenters. The first-order valence-corrected chi connectivity index (χ1v) is 14.7. The van der Waals surface area contributed by atoms with Gasteiger partial charge in [0.2, 0.25) is 5.95 Å². The first-order valence-electron chi connectivity index (χ1n) is 14.7. The molecule has 1 saturated heterocycles. The van der Waals surface area contributed by atoms with Crippen LogP contribution in [0.15, 0.2) is 42.6 Å². The first-order chi connectivity index (χ1) is 20.8. The van der Waals surface area contributed by atoms with Crippen LogP contribution in [-0.2, 0) is 13.6 Å². The maximum Gasteiger partial charge on any atom is 0.254 e. The van der Waals surface area contributed by atoms with Gasteiger partial charge in [-0.1, -0.05) is 0 Å². The van der Waals surface area contributed by atoms with Gasteiger partial charge in [-0.3, -0.25) is 4.79 Å². The van der Waals surface area contributed by atoms with Crippen LogP contribution >= 0.6 is 0 Å². The summed E-state index contributed by atoms with van der Waals surface area (Å²) in [5.74, 6) is -0.0957. The predicted molar refractivity (Wildman–Crippen MR) is 157 cm³/mol. The normalized spacial score (nSPS) is 21.4. The summed E-state index contributed by atoms with van der Waals surface area (Å²) in [6.45, 7) is 1.41. The summed E-state index contributed by atoms with van der Waals surface area (Å²) < 4.78 is 38.4. The summed E-state index contributed by atoms with van der Waals surface area (Å²) >= 11 is 0. The third-order valence-electron chi connectivity index (χ3n) is 9.55. The molecule has 8 rings (SSSR count). The van der Waals surface area contributed by atoms with Gasteiger partial charge in [-0.2, -0.15) is 4.39 Å². The van der Waals surface area contributed by atoms with E-state index in [4.69, 9.17) is 20.4 Å². The number of pyridine rings is 2. The number of aromatic nitrogens is 5. The molecule has 0 spiro atoms. The minimum atomic E-state index is -1.15. The van der Waals surface area contributed by atoms with E-state index >= 15 is 0 Å². The topological polar surface area (TPSA) is 104 Å². The van der Waals surface area contributed by atoms with Crippen molar-refractivity contribution in [1.29, 1.82) is 0 Å². The number of nitrogens with two attached hydrogens (primary N) is 1. The Balaban J connectivity index is 1.25. The van der Waals surface area contributed by atoms with Crippen LogP contribution < -0.4 is 10.5 Å². The number of halogens is 2. The maximum absolute atomic E-state index is 14.6. The van der Waals surface area contributed by atoms with Crippen molar-refractivity contribution in [3.8, 4) is 28.5 Å². The molecule has 0 unspecified atom stereocenters. The molecular formula is C32H31F2N7O2. The molecule has 1 amide bonds. The van der Waals surface area contributed by atoms with Crippen LogP contribution in [0, 0.1) is 23.6 Å². The number of piperidine rings is 1. The lowest BCUT2D eigenvalue weighted by Gasteiger charge is -2.27. The summed E-state index contributed by atoms with van der Waals surface area (Å²) in [5, 5.41) is 0.865. The van der Waals surface area contributed by atoms with Gasteiger partial charge < -0.3 is 24.5 Å². The van der Waals surface area contributed by atoms with Gasteiger partial charge in [0.25, 0.3) is 5.91 Å². The molecule has 9 nitrogen and oxygen atoms in total. The number of ether oxygens (including phenoxy) is 1. The summed E-state index contributed by atoms with van der Waals surface area (Å²) in [6, 6.07) is 10.8. The van der Waals surface area contributed by atoms with Crippen molar-refractivity contribution in [2.45, 2.75) is 44.3 Å². The summed E-state index contributed by atoms with van der Waals surface area (Å²) in [5.41, 5.74) is 10.3. The van der Waals surface area contributed by atoms with Crippen LogP contribution in [0.3, 0.4) is 0 Å². The lowest BCUT2D eigenvalue weighted by molar-refractivity contribution is 0.0700. The van der Waals surface area contributed by atoms with Crippen molar-refractivity contribution in [1.82, 2.24) is 29.0 Å². The number of methoxy groups -OCH3 is 1. The lowest BCUT2D eigenvalue weighted by atomic mass is 10.1. The van der Waals surface area contributed by atoms with E-state index in [-0.39, 0.29) is 23.6 Å². The van der Waals surface area contributed by atoms with Crippen LogP contribution in [0.1, 0.15) is 36.0 Å². The van der Waals surface area contributed by atoms with Gasteiger partial charge in [-0.05, 0) is 73.9 Å². The lowest BCUT2D eigenvalue weighted by Crippen LogP contribution is -2.41.